The smallest absolute Gasteiger partial charge is 0.102 e. The fraction of sp³-hybridized carbons (Fsp3) is 0.0667. The zero-order chi connectivity index (χ0) is 13.8. The van der Waals surface area contributed by atoms with E-state index in [4.69, 9.17) is 17.3 Å². The number of nitrogens with zero attached hydrogens (tertiary/aromatic N) is 2. The molecule has 1 aromatic carbocycles. The van der Waals surface area contributed by atoms with Gasteiger partial charge in [0.1, 0.15) is 6.07 Å². The maximum Gasteiger partial charge on any atom is 0.102 e. The van der Waals surface area contributed by atoms with Crippen LogP contribution in [0, 0.1) is 18.3 Å². The lowest BCUT2D eigenvalue weighted by Gasteiger charge is -2.08. The molecule has 19 heavy (non-hydrogen) atoms. The third kappa shape index (κ3) is 2.75. The summed E-state index contributed by atoms with van der Waals surface area (Å²) in [6.45, 7) is 1.90. The number of aryl methyl sites for hydroxylation is 1. The Balaban J connectivity index is 2.56. The average molecular weight is 270 g/mol. The number of allylic oxidation sites excluding steroid dienone is 1. The van der Waals surface area contributed by atoms with E-state index in [1.165, 1.54) is 0 Å². The van der Waals surface area contributed by atoms with Gasteiger partial charge in [-0.25, -0.2) is 0 Å². The van der Waals surface area contributed by atoms with E-state index in [2.05, 4.69) is 11.1 Å². The molecule has 0 unspecified atom stereocenters. The first-order valence-electron chi connectivity index (χ1n) is 5.70. The summed E-state index contributed by atoms with van der Waals surface area (Å²) < 4.78 is 0. The molecule has 94 valence electrons. The number of hydrogen-bond donors (Lipinski definition) is 1. The number of halogens is 1. The number of pyridine rings is 1. The lowest BCUT2D eigenvalue weighted by Crippen LogP contribution is -2.01. The van der Waals surface area contributed by atoms with Crippen LogP contribution >= 0.6 is 11.6 Å². The molecule has 0 aliphatic rings. The molecule has 0 saturated heterocycles. The summed E-state index contributed by atoms with van der Waals surface area (Å²) in [6.07, 6.45) is 3.26. The molecule has 1 aromatic heterocycles. The number of rotatable bonds is 2. The van der Waals surface area contributed by atoms with Crippen molar-refractivity contribution < 1.29 is 0 Å². The predicted octanol–water partition coefficient (Wildman–Crippen LogP) is 3.39. The molecule has 0 radical (unpaired) electrons. The second kappa shape index (κ2) is 5.55. The molecule has 2 aromatic rings. The fourth-order valence-electron chi connectivity index (χ4n) is 1.76. The zero-order valence-electron chi connectivity index (χ0n) is 10.4. The van der Waals surface area contributed by atoms with Crippen molar-refractivity contribution in [3.05, 3.63) is 64.4 Å². The number of aromatic nitrogens is 1. The Morgan fingerprint density at radius 3 is 2.47 bits per heavy atom. The van der Waals surface area contributed by atoms with E-state index in [1.807, 2.05) is 19.1 Å². The first-order chi connectivity index (χ1) is 9.13. The maximum atomic E-state index is 9.30. The molecule has 0 atom stereocenters. The Kier molecular flexibility index (Phi) is 3.84. The second-order valence-corrected chi connectivity index (χ2v) is 4.51. The number of nitriles is 1. The van der Waals surface area contributed by atoms with Gasteiger partial charge in [-0.15, -0.1) is 0 Å². The van der Waals surface area contributed by atoms with Gasteiger partial charge >= 0.3 is 0 Å². The quantitative estimate of drug-likeness (QED) is 0.850. The van der Waals surface area contributed by atoms with Gasteiger partial charge in [-0.1, -0.05) is 17.7 Å². The largest absolute Gasteiger partial charge is 0.397 e. The Morgan fingerprint density at radius 2 is 1.89 bits per heavy atom. The summed E-state index contributed by atoms with van der Waals surface area (Å²) in [5, 5.41) is 9.98. The van der Waals surface area contributed by atoms with Gasteiger partial charge in [-0.3, -0.25) is 4.98 Å². The average Bonchev–Trinajstić information content (AvgIpc) is 2.44. The molecular formula is C15H12ClN3. The molecule has 0 spiro atoms. The minimum absolute atomic E-state index is 0.434. The lowest BCUT2D eigenvalue weighted by molar-refractivity contribution is 1.31. The minimum atomic E-state index is 0.434. The SMILES string of the molecule is Cc1cc(/C(N)=C(/C#N)c2ccncc2)ccc1Cl. The van der Waals surface area contributed by atoms with Crippen LogP contribution in [0.2, 0.25) is 5.02 Å². The summed E-state index contributed by atoms with van der Waals surface area (Å²) in [7, 11) is 0. The van der Waals surface area contributed by atoms with Gasteiger partial charge < -0.3 is 5.73 Å². The van der Waals surface area contributed by atoms with Crippen LogP contribution in [0.4, 0.5) is 0 Å². The van der Waals surface area contributed by atoms with E-state index in [1.54, 1.807) is 30.6 Å². The van der Waals surface area contributed by atoms with Gasteiger partial charge in [0, 0.05) is 17.4 Å². The van der Waals surface area contributed by atoms with Crippen molar-refractivity contribution >= 4 is 22.9 Å². The van der Waals surface area contributed by atoms with Crippen LogP contribution in [0.5, 0.6) is 0 Å². The summed E-state index contributed by atoms with van der Waals surface area (Å²) in [6, 6.07) is 11.1. The highest BCUT2D eigenvalue weighted by molar-refractivity contribution is 6.31. The predicted molar refractivity (Wildman–Crippen MR) is 77.0 cm³/mol. The number of nitrogens with two attached hydrogens (primary N) is 1. The Labute approximate surface area is 117 Å². The molecule has 0 fully saturated rings. The van der Waals surface area contributed by atoms with Crippen molar-refractivity contribution in [1.29, 1.82) is 5.26 Å². The topological polar surface area (TPSA) is 62.7 Å². The van der Waals surface area contributed by atoms with Crippen LogP contribution in [-0.4, -0.2) is 4.98 Å². The maximum absolute atomic E-state index is 9.30. The van der Waals surface area contributed by atoms with Crippen LogP contribution in [0.1, 0.15) is 16.7 Å². The van der Waals surface area contributed by atoms with Gasteiger partial charge in [0.25, 0.3) is 0 Å². The minimum Gasteiger partial charge on any atom is -0.397 e. The normalized spacial score (nSPS) is 11.6. The summed E-state index contributed by atoms with van der Waals surface area (Å²) in [5.74, 6) is 0. The standard InChI is InChI=1S/C15H12ClN3/c1-10-8-12(2-3-14(10)16)15(18)13(9-17)11-4-6-19-7-5-11/h2-8H,18H2,1H3/b15-13+. The lowest BCUT2D eigenvalue weighted by atomic mass is 10.0. The van der Waals surface area contributed by atoms with Crippen molar-refractivity contribution in [2.24, 2.45) is 5.73 Å². The van der Waals surface area contributed by atoms with Crippen LogP contribution in [0.25, 0.3) is 11.3 Å². The van der Waals surface area contributed by atoms with E-state index < -0.39 is 0 Å². The first kappa shape index (κ1) is 13.1. The number of hydrogen-bond acceptors (Lipinski definition) is 3. The van der Waals surface area contributed by atoms with E-state index in [9.17, 15) is 5.26 Å². The van der Waals surface area contributed by atoms with Crippen molar-refractivity contribution in [3.63, 3.8) is 0 Å². The summed E-state index contributed by atoms with van der Waals surface area (Å²) in [5.41, 5.74) is 9.43. The highest BCUT2D eigenvalue weighted by Gasteiger charge is 2.09. The summed E-state index contributed by atoms with van der Waals surface area (Å²) in [4.78, 5) is 3.93. The molecule has 3 nitrogen and oxygen atoms in total. The molecule has 0 aliphatic carbocycles. The molecule has 2 N–H and O–H groups in total. The molecule has 0 amide bonds. The van der Waals surface area contributed by atoms with Gasteiger partial charge in [-0.05, 0) is 47.9 Å². The molecule has 0 saturated carbocycles. The van der Waals surface area contributed by atoms with Crippen LogP contribution < -0.4 is 5.73 Å². The zero-order valence-corrected chi connectivity index (χ0v) is 11.1. The van der Waals surface area contributed by atoms with Crippen LogP contribution in [0.15, 0.2) is 42.7 Å². The molecule has 4 heteroatoms. The highest BCUT2D eigenvalue weighted by Crippen LogP contribution is 2.24. The highest BCUT2D eigenvalue weighted by atomic mass is 35.5. The third-order valence-corrected chi connectivity index (χ3v) is 3.24. The van der Waals surface area contributed by atoms with Crippen molar-refractivity contribution in [1.82, 2.24) is 4.98 Å². The van der Waals surface area contributed by atoms with E-state index in [0.29, 0.717) is 16.3 Å². The Bertz CT molecular complexity index is 670. The second-order valence-electron chi connectivity index (χ2n) is 4.10. The van der Waals surface area contributed by atoms with E-state index >= 15 is 0 Å². The van der Waals surface area contributed by atoms with Gasteiger partial charge in [-0.2, -0.15) is 5.26 Å². The number of benzene rings is 1. The monoisotopic (exact) mass is 269 g/mol. The van der Waals surface area contributed by atoms with Gasteiger partial charge in [0.05, 0.1) is 11.3 Å². The van der Waals surface area contributed by atoms with Gasteiger partial charge in [0.2, 0.25) is 0 Å². The Morgan fingerprint density at radius 1 is 1.21 bits per heavy atom. The van der Waals surface area contributed by atoms with Gasteiger partial charge in [0.15, 0.2) is 0 Å². The van der Waals surface area contributed by atoms with Crippen molar-refractivity contribution in [3.8, 4) is 6.07 Å². The van der Waals surface area contributed by atoms with Crippen LogP contribution in [-0.2, 0) is 0 Å². The first-order valence-corrected chi connectivity index (χ1v) is 6.08. The molecule has 2 rings (SSSR count). The molecule has 0 aliphatic heterocycles. The Hall–Kier alpha value is -2.31. The van der Waals surface area contributed by atoms with E-state index in [-0.39, 0.29) is 0 Å². The molecular weight excluding hydrogens is 258 g/mol. The van der Waals surface area contributed by atoms with Crippen LogP contribution in [0.3, 0.4) is 0 Å². The van der Waals surface area contributed by atoms with E-state index in [0.717, 1.165) is 16.7 Å². The van der Waals surface area contributed by atoms with Crippen molar-refractivity contribution in [2.45, 2.75) is 6.92 Å². The molecule has 1 heterocycles. The summed E-state index contributed by atoms with van der Waals surface area (Å²) >= 11 is 5.99. The molecule has 0 bridgehead atoms. The third-order valence-electron chi connectivity index (χ3n) is 2.82. The fourth-order valence-corrected chi connectivity index (χ4v) is 1.87. The van der Waals surface area contributed by atoms with Crippen molar-refractivity contribution in [2.75, 3.05) is 0 Å².